The van der Waals surface area contributed by atoms with Crippen molar-refractivity contribution in [3.8, 4) is 0 Å². The lowest BCUT2D eigenvalue weighted by Crippen LogP contribution is -2.45. The Morgan fingerprint density at radius 1 is 1.43 bits per heavy atom. The molecular weight excluding hydrogens is 271 g/mol. The van der Waals surface area contributed by atoms with Gasteiger partial charge in [0.1, 0.15) is 5.82 Å². The van der Waals surface area contributed by atoms with Gasteiger partial charge in [0.25, 0.3) is 0 Å². The van der Waals surface area contributed by atoms with Gasteiger partial charge in [0.2, 0.25) is 5.91 Å². The molecule has 1 saturated carbocycles. The largest absolute Gasteiger partial charge is 0.378 e. The second kappa shape index (κ2) is 6.54. The van der Waals surface area contributed by atoms with Gasteiger partial charge in [0.15, 0.2) is 0 Å². The Bertz CT molecular complexity index is 499. The lowest BCUT2D eigenvalue weighted by atomic mass is 10.1. The van der Waals surface area contributed by atoms with E-state index in [4.69, 9.17) is 4.74 Å². The molecule has 0 spiro atoms. The number of hydrogen-bond acceptors (Lipinski definition) is 3. The molecule has 114 valence electrons. The average Bonchev–Trinajstić information content (AvgIpc) is 3.30. The van der Waals surface area contributed by atoms with Crippen LogP contribution in [-0.4, -0.2) is 42.6 Å². The van der Waals surface area contributed by atoms with Crippen molar-refractivity contribution in [2.45, 2.75) is 37.9 Å². The van der Waals surface area contributed by atoms with Crippen LogP contribution in [-0.2, 0) is 16.1 Å². The van der Waals surface area contributed by atoms with Crippen molar-refractivity contribution in [2.75, 3.05) is 19.8 Å². The van der Waals surface area contributed by atoms with E-state index < -0.39 is 0 Å². The Morgan fingerprint density at radius 2 is 2.29 bits per heavy atom. The van der Waals surface area contributed by atoms with Gasteiger partial charge in [-0.3, -0.25) is 4.79 Å². The highest BCUT2D eigenvalue weighted by atomic mass is 19.1. The van der Waals surface area contributed by atoms with Crippen LogP contribution in [0.1, 0.15) is 24.8 Å². The summed E-state index contributed by atoms with van der Waals surface area (Å²) >= 11 is 0. The van der Waals surface area contributed by atoms with E-state index >= 15 is 0 Å². The maximum absolute atomic E-state index is 13.3. The second-order valence-electron chi connectivity index (χ2n) is 5.81. The molecule has 1 heterocycles. The highest BCUT2D eigenvalue weighted by Gasteiger charge is 2.33. The summed E-state index contributed by atoms with van der Waals surface area (Å²) in [5.41, 5.74) is 0.850. The van der Waals surface area contributed by atoms with E-state index in [2.05, 4.69) is 5.32 Å². The molecular formula is C16H21FN2O2. The van der Waals surface area contributed by atoms with Crippen molar-refractivity contribution in [3.63, 3.8) is 0 Å². The number of benzene rings is 1. The number of nitrogens with zero attached hydrogens (tertiary/aromatic N) is 1. The van der Waals surface area contributed by atoms with E-state index in [1.54, 1.807) is 6.07 Å². The molecule has 3 rings (SSSR count). The zero-order valence-corrected chi connectivity index (χ0v) is 12.1. The van der Waals surface area contributed by atoms with Crippen molar-refractivity contribution < 1.29 is 13.9 Å². The third-order valence-corrected chi connectivity index (χ3v) is 3.97. The molecule has 1 aliphatic carbocycles. The van der Waals surface area contributed by atoms with Gasteiger partial charge in [-0.2, -0.15) is 0 Å². The van der Waals surface area contributed by atoms with E-state index in [1.807, 2.05) is 11.0 Å². The summed E-state index contributed by atoms with van der Waals surface area (Å²) < 4.78 is 18.7. The van der Waals surface area contributed by atoms with Gasteiger partial charge in [-0.05, 0) is 30.5 Å². The monoisotopic (exact) mass is 292 g/mol. The molecule has 2 aliphatic rings. The summed E-state index contributed by atoms with van der Waals surface area (Å²) in [6, 6.07) is 6.91. The van der Waals surface area contributed by atoms with E-state index in [9.17, 15) is 9.18 Å². The number of carbonyl (C=O) groups excluding carboxylic acids is 1. The van der Waals surface area contributed by atoms with Gasteiger partial charge < -0.3 is 15.0 Å². The van der Waals surface area contributed by atoms with Crippen LogP contribution in [0.2, 0.25) is 0 Å². The molecule has 1 aromatic carbocycles. The zero-order chi connectivity index (χ0) is 14.7. The number of hydrogen-bond donors (Lipinski definition) is 1. The van der Waals surface area contributed by atoms with Crippen LogP contribution in [0.25, 0.3) is 0 Å². The second-order valence-corrected chi connectivity index (χ2v) is 5.81. The highest BCUT2D eigenvalue weighted by molar-refractivity contribution is 5.77. The third-order valence-electron chi connectivity index (χ3n) is 3.97. The first kappa shape index (κ1) is 14.5. The minimum Gasteiger partial charge on any atom is -0.378 e. The maximum Gasteiger partial charge on any atom is 0.224 e. The normalized spacial score (nSPS) is 22.0. The SMILES string of the molecule is O=C(CC1COCCN1)N(Cc1cccc(F)c1)C1CC1. The van der Waals surface area contributed by atoms with Crippen LogP contribution in [0, 0.1) is 5.82 Å². The summed E-state index contributed by atoms with van der Waals surface area (Å²) in [5, 5.41) is 3.30. The topological polar surface area (TPSA) is 41.6 Å². The van der Waals surface area contributed by atoms with E-state index in [0.717, 1.165) is 24.9 Å². The summed E-state index contributed by atoms with van der Waals surface area (Å²) in [4.78, 5) is 14.4. The minimum absolute atomic E-state index is 0.0972. The molecule has 0 bridgehead atoms. The van der Waals surface area contributed by atoms with Crippen LogP contribution in [0.3, 0.4) is 0 Å². The Morgan fingerprint density at radius 3 is 2.95 bits per heavy atom. The van der Waals surface area contributed by atoms with Crippen molar-refractivity contribution >= 4 is 5.91 Å². The van der Waals surface area contributed by atoms with Crippen molar-refractivity contribution in [2.24, 2.45) is 0 Å². The first-order chi connectivity index (χ1) is 10.2. The first-order valence-corrected chi connectivity index (χ1v) is 7.57. The lowest BCUT2D eigenvalue weighted by molar-refractivity contribution is -0.133. The number of nitrogens with one attached hydrogen (secondary N) is 1. The number of carbonyl (C=O) groups is 1. The van der Waals surface area contributed by atoms with E-state index in [-0.39, 0.29) is 17.8 Å². The summed E-state index contributed by atoms with van der Waals surface area (Å²) in [6.45, 7) is 2.59. The maximum atomic E-state index is 13.3. The van der Waals surface area contributed by atoms with Crippen LogP contribution >= 0.6 is 0 Å². The zero-order valence-electron chi connectivity index (χ0n) is 12.1. The van der Waals surface area contributed by atoms with Crippen LogP contribution in [0.15, 0.2) is 24.3 Å². The molecule has 1 N–H and O–H groups in total. The van der Waals surface area contributed by atoms with Crippen molar-refractivity contribution in [3.05, 3.63) is 35.6 Å². The molecule has 1 saturated heterocycles. The number of rotatable bonds is 5. The van der Waals surface area contributed by atoms with Gasteiger partial charge in [-0.15, -0.1) is 0 Å². The van der Waals surface area contributed by atoms with Gasteiger partial charge in [-0.1, -0.05) is 12.1 Å². The number of amides is 1. The van der Waals surface area contributed by atoms with Gasteiger partial charge >= 0.3 is 0 Å². The summed E-state index contributed by atoms with van der Waals surface area (Å²) in [6.07, 6.45) is 2.55. The predicted molar refractivity (Wildman–Crippen MR) is 77.2 cm³/mol. The smallest absolute Gasteiger partial charge is 0.224 e. The fourth-order valence-electron chi connectivity index (χ4n) is 2.72. The molecule has 1 atom stereocenters. The molecule has 1 unspecified atom stereocenters. The molecule has 21 heavy (non-hydrogen) atoms. The Hall–Kier alpha value is -1.46. The van der Waals surface area contributed by atoms with Gasteiger partial charge in [0, 0.05) is 31.6 Å². The molecule has 1 aromatic rings. The predicted octanol–water partition coefficient (Wildman–Crippen LogP) is 1.70. The first-order valence-electron chi connectivity index (χ1n) is 7.57. The minimum atomic E-state index is -0.252. The molecule has 2 fully saturated rings. The fourth-order valence-corrected chi connectivity index (χ4v) is 2.72. The van der Waals surface area contributed by atoms with Crippen molar-refractivity contribution in [1.29, 1.82) is 0 Å². The van der Waals surface area contributed by atoms with Crippen molar-refractivity contribution in [1.82, 2.24) is 10.2 Å². The lowest BCUT2D eigenvalue weighted by Gasteiger charge is -2.28. The van der Waals surface area contributed by atoms with Crippen LogP contribution < -0.4 is 5.32 Å². The Balaban J connectivity index is 1.62. The molecule has 4 nitrogen and oxygen atoms in total. The van der Waals surface area contributed by atoms with E-state index in [1.165, 1.54) is 12.1 Å². The molecule has 5 heteroatoms. The number of morpholine rings is 1. The standard InChI is InChI=1S/C16H21FN2O2/c17-13-3-1-2-12(8-13)10-19(15-4-5-15)16(20)9-14-11-21-7-6-18-14/h1-3,8,14-15,18H,4-7,9-11H2. The van der Waals surface area contributed by atoms with Crippen LogP contribution in [0.4, 0.5) is 4.39 Å². The highest BCUT2D eigenvalue weighted by Crippen LogP contribution is 2.29. The third kappa shape index (κ3) is 4.02. The summed E-state index contributed by atoms with van der Waals surface area (Å²) in [7, 11) is 0. The number of halogens is 1. The van der Waals surface area contributed by atoms with Gasteiger partial charge in [-0.25, -0.2) is 4.39 Å². The Kier molecular flexibility index (Phi) is 4.51. The molecule has 0 aromatic heterocycles. The van der Waals surface area contributed by atoms with Gasteiger partial charge in [0.05, 0.1) is 13.2 Å². The van der Waals surface area contributed by atoms with E-state index in [0.29, 0.717) is 32.2 Å². The summed E-state index contributed by atoms with van der Waals surface area (Å²) in [5.74, 6) is -0.122. The van der Waals surface area contributed by atoms with Crippen LogP contribution in [0.5, 0.6) is 0 Å². The molecule has 1 amide bonds. The number of ether oxygens (including phenoxy) is 1. The fraction of sp³-hybridized carbons (Fsp3) is 0.562. The Labute approximate surface area is 124 Å². The average molecular weight is 292 g/mol. The quantitative estimate of drug-likeness (QED) is 0.898. The molecule has 0 radical (unpaired) electrons. The molecule has 1 aliphatic heterocycles.